The molecule has 0 aliphatic heterocycles. The fourth-order valence-electron chi connectivity index (χ4n) is 8.97. The SMILES string of the molecule is [2H]C([2H])([2H])c1cc(-c2cc(C([2H])(C)C)cc(C([2H])(C)C)c2)ccc1-n1c(-c2cc(C)cc(C(C)(C)C)c2O)nc2c(-c3cc(-c4ccccc4)cc(-c4cc(-c5ccc(C(C([2H])([2H])[2H])(C([2H])([2H])[2H])C([2H])([2H])[2H])cc5)ccn4)c3)cccc21. The van der Waals surface area contributed by atoms with E-state index in [0.29, 0.717) is 83.9 Å². The average Bonchev–Trinajstić information content (AvgIpc) is 1.24. The Morgan fingerprint density at radius 2 is 1.22 bits per heavy atom. The highest BCUT2D eigenvalue weighted by molar-refractivity contribution is 5.98. The first kappa shape index (κ1) is 31.8. The van der Waals surface area contributed by atoms with Crippen LogP contribution in [-0.4, -0.2) is 19.6 Å². The highest BCUT2D eigenvalue weighted by atomic mass is 16.3. The van der Waals surface area contributed by atoms with Crippen LogP contribution in [0.3, 0.4) is 0 Å². The molecule has 0 bridgehead atoms. The molecule has 2 aromatic heterocycles. The molecule has 9 rings (SSSR count). The number of aromatic hydroxyl groups is 1. The molecule has 7 aromatic carbocycles. The van der Waals surface area contributed by atoms with Crippen LogP contribution in [0.15, 0.2) is 158 Å². The van der Waals surface area contributed by atoms with Gasteiger partial charge in [0.1, 0.15) is 11.6 Å². The van der Waals surface area contributed by atoms with Crippen molar-refractivity contribution in [2.45, 2.75) is 105 Å². The zero-order valence-electron chi connectivity index (χ0n) is 53.8. The monoisotopic (exact) mass is 906 g/mol. The molecule has 1 N–H and O–H groups in total. The van der Waals surface area contributed by atoms with Crippen LogP contribution >= 0.6 is 0 Å². The molecule has 0 unspecified atom stereocenters. The van der Waals surface area contributed by atoms with E-state index in [4.69, 9.17) is 29.2 Å². The number of pyridine rings is 1. The Labute approximate surface area is 424 Å². The van der Waals surface area contributed by atoms with Gasteiger partial charge in [-0.1, -0.05) is 166 Å². The summed E-state index contributed by atoms with van der Waals surface area (Å²) in [7, 11) is 0. The minimum Gasteiger partial charge on any atom is -0.507 e. The minimum absolute atomic E-state index is 0.00346. The molecule has 0 radical (unpaired) electrons. The number of phenolic OH excluding ortho intramolecular Hbond substituents is 1. The van der Waals surface area contributed by atoms with E-state index in [1.807, 2.05) is 141 Å². The summed E-state index contributed by atoms with van der Waals surface area (Å²) in [6.07, 6.45) is 1.62. The summed E-state index contributed by atoms with van der Waals surface area (Å²) >= 11 is 0. The van der Waals surface area contributed by atoms with Crippen LogP contribution in [0.1, 0.15) is 133 Å². The van der Waals surface area contributed by atoms with Crippen molar-refractivity contribution in [2.24, 2.45) is 0 Å². The molecule has 0 saturated heterocycles. The molecule has 0 fully saturated rings. The molecular formula is C64H65N3O. The molecule has 4 heteroatoms. The Bertz CT molecular complexity index is 3820. The van der Waals surface area contributed by atoms with Crippen molar-refractivity contribution in [1.29, 1.82) is 0 Å². The van der Waals surface area contributed by atoms with E-state index in [9.17, 15) is 5.11 Å². The molecule has 342 valence electrons. The van der Waals surface area contributed by atoms with Crippen molar-refractivity contribution in [1.82, 2.24) is 14.5 Å². The van der Waals surface area contributed by atoms with E-state index >= 15 is 0 Å². The zero-order chi connectivity index (χ0) is 60.1. The first-order valence-electron chi connectivity index (χ1n) is 29.9. The summed E-state index contributed by atoms with van der Waals surface area (Å²) in [6, 6.07) is 45.4. The maximum absolute atomic E-state index is 12.4. The molecule has 0 spiro atoms. The van der Waals surface area contributed by atoms with Crippen molar-refractivity contribution in [2.75, 3.05) is 0 Å². The predicted octanol–water partition coefficient (Wildman–Crippen LogP) is 17.6. The summed E-state index contributed by atoms with van der Waals surface area (Å²) in [5.74, 6) is -1.72. The van der Waals surface area contributed by atoms with E-state index in [-0.39, 0.29) is 16.9 Å². The fourth-order valence-corrected chi connectivity index (χ4v) is 8.97. The van der Waals surface area contributed by atoms with Gasteiger partial charge >= 0.3 is 0 Å². The Kier molecular flexibility index (Phi) is 8.37. The van der Waals surface area contributed by atoms with Gasteiger partial charge in [-0.25, -0.2) is 4.98 Å². The van der Waals surface area contributed by atoms with Gasteiger partial charge in [-0.05, 0) is 158 Å². The fraction of sp³-hybridized carbons (Fsp3) is 0.250. The number of benzene rings is 7. The second-order valence-corrected chi connectivity index (χ2v) is 19.4. The van der Waals surface area contributed by atoms with Crippen molar-refractivity contribution in [3.63, 3.8) is 0 Å². The maximum Gasteiger partial charge on any atom is 0.149 e. The van der Waals surface area contributed by atoms with Crippen LogP contribution in [-0.2, 0) is 10.8 Å². The molecule has 0 atom stereocenters. The second kappa shape index (κ2) is 17.9. The molecule has 0 aliphatic rings. The number of rotatable bonds is 9. The molecular weight excluding hydrogens is 827 g/mol. The van der Waals surface area contributed by atoms with Gasteiger partial charge < -0.3 is 5.11 Å². The first-order chi connectivity index (χ1) is 37.9. The molecule has 68 heavy (non-hydrogen) atoms. The third kappa shape index (κ3) is 9.05. The standard InChI is InChI=1S/C64H65N3O/c1-39(2)47-32-48(40(3)4)34-50(33-47)45-23-26-58(42(6)31-45)67-59-20-16-19-54(60(59)66-62(67)55-29-41(5)30-56(61(55)68)64(10,11)12)51-35-49(43-17-14-13-15-18-43)36-52(37-51)57-38-46(27-28-65-57)44-21-24-53(25-22-44)63(7,8)9/h13-40,68H,1-12H3/i6D3,7D3,8D3,9D3,39D,40D. The third-order valence-electron chi connectivity index (χ3n) is 12.7. The molecule has 0 aliphatic carbocycles. The number of nitrogens with zero attached hydrogens (tertiary/aromatic N) is 3. The summed E-state index contributed by atoms with van der Waals surface area (Å²) in [4.78, 5) is 10.2. The van der Waals surface area contributed by atoms with Crippen LogP contribution in [0.5, 0.6) is 5.75 Å². The summed E-state index contributed by atoms with van der Waals surface area (Å²) in [5.41, 5.74) is 7.47. The van der Waals surface area contributed by atoms with Crippen LogP contribution in [0, 0.1) is 13.8 Å². The molecule has 0 saturated carbocycles. The largest absolute Gasteiger partial charge is 0.507 e. The Morgan fingerprint density at radius 1 is 0.574 bits per heavy atom. The Morgan fingerprint density at radius 3 is 1.90 bits per heavy atom. The Hall–Kier alpha value is -7.04. The van der Waals surface area contributed by atoms with Crippen molar-refractivity contribution in [3.05, 3.63) is 191 Å². The van der Waals surface area contributed by atoms with Gasteiger partial charge in [0, 0.05) is 42.1 Å². The lowest BCUT2D eigenvalue weighted by Crippen LogP contribution is -2.12. The molecule has 0 amide bonds. The van der Waals surface area contributed by atoms with Crippen LogP contribution in [0.2, 0.25) is 0 Å². The normalized spacial score (nSPS) is 16.2. The predicted molar refractivity (Wildman–Crippen MR) is 288 cm³/mol. The number of aromatic nitrogens is 3. The van der Waals surface area contributed by atoms with E-state index in [2.05, 4.69) is 0 Å². The van der Waals surface area contributed by atoms with Gasteiger partial charge in [-0.3, -0.25) is 9.55 Å². The summed E-state index contributed by atoms with van der Waals surface area (Å²) in [6.45, 7) is 2.19. The van der Waals surface area contributed by atoms with Gasteiger partial charge in [-0.2, -0.15) is 0 Å². The number of para-hydroxylation sites is 1. The topological polar surface area (TPSA) is 50.9 Å². The van der Waals surface area contributed by atoms with Crippen molar-refractivity contribution in [3.8, 4) is 78.6 Å². The molecule has 4 nitrogen and oxygen atoms in total. The van der Waals surface area contributed by atoms with Gasteiger partial charge in [0.05, 0.1) is 28.0 Å². The number of phenols is 1. The van der Waals surface area contributed by atoms with Crippen molar-refractivity contribution >= 4 is 11.0 Å². The lowest BCUT2D eigenvalue weighted by molar-refractivity contribution is 0.448. The number of fused-ring (bicyclic) bond motifs is 1. The van der Waals surface area contributed by atoms with Crippen LogP contribution < -0.4 is 0 Å². The van der Waals surface area contributed by atoms with E-state index < -0.39 is 50.0 Å². The highest BCUT2D eigenvalue weighted by Gasteiger charge is 2.27. The van der Waals surface area contributed by atoms with Gasteiger partial charge in [-0.15, -0.1) is 0 Å². The number of hydrogen-bond donors (Lipinski definition) is 1. The lowest BCUT2D eigenvalue weighted by Gasteiger charge is -2.23. The van der Waals surface area contributed by atoms with Crippen LogP contribution in [0.25, 0.3) is 83.9 Å². The third-order valence-corrected chi connectivity index (χ3v) is 12.7. The van der Waals surface area contributed by atoms with Crippen molar-refractivity contribution < 1.29 is 24.3 Å². The van der Waals surface area contributed by atoms with Gasteiger partial charge in [0.2, 0.25) is 0 Å². The summed E-state index contributed by atoms with van der Waals surface area (Å²) in [5, 5.41) is 12.4. The average molecular weight is 906 g/mol. The minimum atomic E-state index is -3.41. The van der Waals surface area contributed by atoms with Crippen LogP contribution in [0.4, 0.5) is 0 Å². The maximum atomic E-state index is 12.4. The van der Waals surface area contributed by atoms with E-state index in [0.717, 1.165) is 22.3 Å². The molecule has 9 aromatic rings. The van der Waals surface area contributed by atoms with Gasteiger partial charge in [0.15, 0.2) is 0 Å². The van der Waals surface area contributed by atoms with E-state index in [1.54, 1.807) is 52.1 Å². The zero-order valence-corrected chi connectivity index (χ0v) is 39.8. The Balaban J connectivity index is 1.28. The number of aryl methyl sites for hydroxylation is 2. The second-order valence-electron chi connectivity index (χ2n) is 19.4. The first-order valence-corrected chi connectivity index (χ1v) is 22.9. The van der Waals surface area contributed by atoms with Gasteiger partial charge in [0.25, 0.3) is 0 Å². The highest BCUT2D eigenvalue weighted by Crippen LogP contribution is 2.44. The molecule has 2 heterocycles. The summed E-state index contributed by atoms with van der Waals surface area (Å²) < 4.78 is 121. The lowest BCUT2D eigenvalue weighted by atomic mass is 9.84. The quantitative estimate of drug-likeness (QED) is 0.157. The number of hydrogen-bond acceptors (Lipinski definition) is 3. The van der Waals surface area contributed by atoms with E-state index in [1.165, 1.54) is 24.3 Å². The number of imidazole rings is 1. The smallest absolute Gasteiger partial charge is 0.149 e.